The Morgan fingerprint density at radius 3 is 2.58 bits per heavy atom. The molecule has 0 aliphatic heterocycles. The van der Waals surface area contributed by atoms with E-state index in [2.05, 4.69) is 21.0 Å². The van der Waals surface area contributed by atoms with Crippen molar-refractivity contribution < 1.29 is 9.59 Å². The molecule has 0 saturated heterocycles. The first kappa shape index (κ1) is 13.7. The van der Waals surface area contributed by atoms with E-state index in [1.54, 1.807) is 49.1 Å². The van der Waals surface area contributed by atoms with Crippen molar-refractivity contribution in [3.8, 4) is 0 Å². The van der Waals surface area contributed by atoms with Crippen LogP contribution in [0.3, 0.4) is 0 Å². The van der Waals surface area contributed by atoms with Crippen molar-refractivity contribution in [2.45, 2.75) is 6.92 Å². The third-order valence-electron chi connectivity index (χ3n) is 2.86. The first-order chi connectivity index (χ1) is 8.99. The van der Waals surface area contributed by atoms with Gasteiger partial charge in [0.25, 0.3) is 0 Å². The van der Waals surface area contributed by atoms with Crippen molar-refractivity contribution in [1.29, 1.82) is 0 Å². The Balaban J connectivity index is 2.22. The average Bonchev–Trinajstić information content (AvgIpc) is 2.83. The molecule has 0 fully saturated rings. The molecule has 0 amide bonds. The summed E-state index contributed by atoms with van der Waals surface area (Å²) in [7, 11) is 1.73. The molecule has 19 heavy (non-hydrogen) atoms. The van der Waals surface area contributed by atoms with Crippen LogP contribution in [0.2, 0.25) is 0 Å². The zero-order chi connectivity index (χ0) is 14.0. The van der Waals surface area contributed by atoms with E-state index in [9.17, 15) is 9.59 Å². The van der Waals surface area contributed by atoms with Gasteiger partial charge >= 0.3 is 0 Å². The van der Waals surface area contributed by atoms with Crippen LogP contribution >= 0.6 is 15.9 Å². The summed E-state index contributed by atoms with van der Waals surface area (Å²) in [6.07, 6.45) is 1.68. The van der Waals surface area contributed by atoms with E-state index >= 15 is 0 Å². The van der Waals surface area contributed by atoms with Gasteiger partial charge in [-0.1, -0.05) is 28.1 Å². The zero-order valence-electron chi connectivity index (χ0n) is 10.6. The first-order valence-corrected chi connectivity index (χ1v) is 6.62. The number of nitrogens with zero attached hydrogens (tertiary/aromatic N) is 2. The monoisotopic (exact) mass is 320 g/mol. The van der Waals surface area contributed by atoms with E-state index < -0.39 is 5.92 Å². The van der Waals surface area contributed by atoms with Gasteiger partial charge in [-0.25, -0.2) is 0 Å². The van der Waals surface area contributed by atoms with Crippen LogP contribution in [0.5, 0.6) is 0 Å². The Morgan fingerprint density at radius 2 is 2.00 bits per heavy atom. The molecule has 0 aliphatic rings. The van der Waals surface area contributed by atoms with Gasteiger partial charge in [-0.2, -0.15) is 5.10 Å². The van der Waals surface area contributed by atoms with Crippen LogP contribution in [0.1, 0.15) is 27.8 Å². The molecule has 0 saturated carbocycles. The fourth-order valence-corrected chi connectivity index (χ4v) is 2.18. The maximum atomic E-state index is 12.2. The van der Waals surface area contributed by atoms with Crippen LogP contribution in [-0.4, -0.2) is 21.3 Å². The van der Waals surface area contributed by atoms with E-state index in [4.69, 9.17) is 0 Å². The normalized spacial score (nSPS) is 12.2. The Bertz CT molecular complexity index is 634. The largest absolute Gasteiger partial charge is 0.293 e. The molecular formula is C14H13BrN2O2. The third kappa shape index (κ3) is 2.98. The number of rotatable bonds is 4. The van der Waals surface area contributed by atoms with Crippen LogP contribution in [0.4, 0.5) is 0 Å². The summed E-state index contributed by atoms with van der Waals surface area (Å²) < 4.78 is 2.36. The molecule has 1 aromatic carbocycles. The Labute approximate surface area is 119 Å². The van der Waals surface area contributed by atoms with Crippen molar-refractivity contribution in [2.75, 3.05) is 0 Å². The van der Waals surface area contributed by atoms with Crippen LogP contribution in [0.25, 0.3) is 0 Å². The quantitative estimate of drug-likeness (QED) is 0.643. The number of halogens is 1. The van der Waals surface area contributed by atoms with Gasteiger partial charge in [-0.3, -0.25) is 14.3 Å². The molecule has 1 atom stereocenters. The van der Waals surface area contributed by atoms with Gasteiger partial charge in [-0.15, -0.1) is 0 Å². The lowest BCUT2D eigenvalue weighted by atomic mass is 9.94. The maximum absolute atomic E-state index is 12.2. The number of carbonyl (C=O) groups excluding carboxylic acids is 2. The molecule has 0 bridgehead atoms. The maximum Gasteiger partial charge on any atom is 0.193 e. The van der Waals surface area contributed by atoms with Crippen molar-refractivity contribution >= 4 is 27.5 Å². The second kappa shape index (κ2) is 5.48. The number of hydrogen-bond donors (Lipinski definition) is 0. The minimum atomic E-state index is -0.732. The van der Waals surface area contributed by atoms with Crippen LogP contribution in [0.15, 0.2) is 41.0 Å². The highest BCUT2D eigenvalue weighted by Crippen LogP contribution is 2.17. The van der Waals surface area contributed by atoms with E-state index in [0.29, 0.717) is 11.3 Å². The smallest absolute Gasteiger partial charge is 0.193 e. The summed E-state index contributed by atoms with van der Waals surface area (Å²) in [6, 6.07) is 8.64. The Kier molecular flexibility index (Phi) is 3.95. The van der Waals surface area contributed by atoms with Crippen LogP contribution in [-0.2, 0) is 7.05 Å². The van der Waals surface area contributed by atoms with Gasteiger partial charge in [0.05, 0.1) is 5.92 Å². The van der Waals surface area contributed by atoms with Gasteiger partial charge in [0, 0.05) is 23.3 Å². The number of carbonyl (C=O) groups is 2. The van der Waals surface area contributed by atoms with E-state index in [1.165, 1.54) is 0 Å². The molecule has 5 heteroatoms. The molecule has 0 radical (unpaired) electrons. The van der Waals surface area contributed by atoms with Gasteiger partial charge < -0.3 is 0 Å². The standard InChI is InChI=1S/C14H13BrN2O2/c1-9(14(19)12-6-7-17(2)16-12)13(18)10-4-3-5-11(15)8-10/h3-9H,1-2H3. The van der Waals surface area contributed by atoms with Gasteiger partial charge in [-0.05, 0) is 25.1 Å². The highest BCUT2D eigenvalue weighted by Gasteiger charge is 2.25. The molecule has 4 nitrogen and oxygen atoms in total. The summed E-state index contributed by atoms with van der Waals surface area (Å²) in [5.41, 5.74) is 0.838. The summed E-state index contributed by atoms with van der Waals surface area (Å²) in [5, 5.41) is 4.03. The molecule has 0 N–H and O–H groups in total. The minimum absolute atomic E-state index is 0.197. The van der Waals surface area contributed by atoms with Gasteiger partial charge in [0.15, 0.2) is 11.6 Å². The SMILES string of the molecule is CC(C(=O)c1cccc(Br)c1)C(=O)c1ccn(C)n1. The molecule has 2 rings (SSSR count). The second-order valence-corrected chi connectivity index (χ2v) is 5.25. The number of Topliss-reactive ketones (excluding diaryl/α,β-unsaturated/α-hetero) is 2. The molecule has 2 aromatic rings. The number of hydrogen-bond acceptors (Lipinski definition) is 3. The topological polar surface area (TPSA) is 52.0 Å². The minimum Gasteiger partial charge on any atom is -0.293 e. The van der Waals surface area contributed by atoms with Crippen LogP contribution < -0.4 is 0 Å². The zero-order valence-corrected chi connectivity index (χ0v) is 12.2. The molecule has 98 valence electrons. The van der Waals surface area contributed by atoms with Crippen molar-refractivity contribution in [2.24, 2.45) is 13.0 Å². The molecule has 0 aliphatic carbocycles. The Morgan fingerprint density at radius 1 is 1.26 bits per heavy atom. The number of ketones is 2. The first-order valence-electron chi connectivity index (χ1n) is 5.82. The fraction of sp³-hybridized carbons (Fsp3) is 0.214. The molecule has 1 aromatic heterocycles. The highest BCUT2D eigenvalue weighted by atomic mass is 79.9. The number of aryl methyl sites for hydroxylation is 1. The van der Waals surface area contributed by atoms with E-state index in [-0.39, 0.29) is 11.6 Å². The van der Waals surface area contributed by atoms with Crippen molar-refractivity contribution in [3.05, 3.63) is 52.3 Å². The average molecular weight is 321 g/mol. The van der Waals surface area contributed by atoms with E-state index in [1.807, 2.05) is 6.07 Å². The highest BCUT2D eigenvalue weighted by molar-refractivity contribution is 9.10. The summed E-state index contributed by atoms with van der Waals surface area (Å²) in [4.78, 5) is 24.4. The predicted octanol–water partition coefficient (Wildman–Crippen LogP) is 2.88. The van der Waals surface area contributed by atoms with Crippen LogP contribution in [0, 0.1) is 5.92 Å². The van der Waals surface area contributed by atoms with Crippen molar-refractivity contribution in [1.82, 2.24) is 9.78 Å². The van der Waals surface area contributed by atoms with E-state index in [0.717, 1.165) is 4.47 Å². The summed E-state index contributed by atoms with van der Waals surface area (Å²) in [5.74, 6) is -1.19. The lowest BCUT2D eigenvalue weighted by Gasteiger charge is -2.08. The lowest BCUT2D eigenvalue weighted by molar-refractivity contribution is 0.0817. The second-order valence-electron chi connectivity index (χ2n) is 4.34. The Hall–Kier alpha value is -1.75. The lowest BCUT2D eigenvalue weighted by Crippen LogP contribution is -2.22. The molecule has 1 heterocycles. The predicted molar refractivity (Wildman–Crippen MR) is 75.2 cm³/mol. The van der Waals surface area contributed by atoms with Gasteiger partial charge in [0.1, 0.15) is 5.69 Å². The van der Waals surface area contributed by atoms with Gasteiger partial charge in [0.2, 0.25) is 0 Å². The third-order valence-corrected chi connectivity index (χ3v) is 3.36. The van der Waals surface area contributed by atoms with Crippen molar-refractivity contribution in [3.63, 3.8) is 0 Å². The number of benzene rings is 1. The molecule has 1 unspecified atom stereocenters. The summed E-state index contributed by atoms with van der Waals surface area (Å²) >= 11 is 3.31. The summed E-state index contributed by atoms with van der Waals surface area (Å²) in [6.45, 7) is 1.61. The number of aromatic nitrogens is 2. The molecular weight excluding hydrogens is 308 g/mol. The fourth-order valence-electron chi connectivity index (χ4n) is 1.78. The molecule has 0 spiro atoms.